The van der Waals surface area contributed by atoms with E-state index in [2.05, 4.69) is 18.3 Å². The van der Waals surface area contributed by atoms with Gasteiger partial charge in [0.1, 0.15) is 6.04 Å². The highest BCUT2D eigenvalue weighted by atomic mass is 35.5. The SMILES string of the molecule is CCC1c2ccccc2NC1C(=O)Cl. The van der Waals surface area contributed by atoms with Crippen LogP contribution < -0.4 is 5.32 Å². The Bertz CT molecular complexity index is 364. The molecule has 2 nitrogen and oxygen atoms in total. The number of nitrogens with one attached hydrogen (secondary N) is 1. The summed E-state index contributed by atoms with van der Waals surface area (Å²) in [6.07, 6.45) is 0.924. The summed E-state index contributed by atoms with van der Waals surface area (Å²) in [5.74, 6) is 0.219. The molecule has 74 valence electrons. The van der Waals surface area contributed by atoms with Crippen LogP contribution in [0.5, 0.6) is 0 Å². The number of hydrogen-bond acceptors (Lipinski definition) is 2. The minimum Gasteiger partial charge on any atom is -0.373 e. The summed E-state index contributed by atoms with van der Waals surface area (Å²) in [6.45, 7) is 2.07. The predicted molar refractivity (Wildman–Crippen MR) is 57.7 cm³/mol. The number of halogens is 1. The van der Waals surface area contributed by atoms with E-state index in [0.29, 0.717) is 0 Å². The number of rotatable bonds is 2. The summed E-state index contributed by atoms with van der Waals surface area (Å²) in [6, 6.07) is 7.73. The molecule has 0 bridgehead atoms. The maximum Gasteiger partial charge on any atom is 0.244 e. The van der Waals surface area contributed by atoms with Crippen LogP contribution in [0.15, 0.2) is 24.3 Å². The van der Waals surface area contributed by atoms with E-state index in [0.717, 1.165) is 12.1 Å². The van der Waals surface area contributed by atoms with Crippen LogP contribution in [0.3, 0.4) is 0 Å². The Morgan fingerprint density at radius 3 is 2.86 bits per heavy atom. The Morgan fingerprint density at radius 2 is 2.21 bits per heavy atom. The molecule has 1 aromatic rings. The monoisotopic (exact) mass is 209 g/mol. The molecule has 0 saturated heterocycles. The maximum atomic E-state index is 11.2. The van der Waals surface area contributed by atoms with Crippen molar-refractivity contribution in [2.45, 2.75) is 25.3 Å². The quantitative estimate of drug-likeness (QED) is 0.759. The Morgan fingerprint density at radius 1 is 1.50 bits per heavy atom. The van der Waals surface area contributed by atoms with Crippen molar-refractivity contribution in [1.29, 1.82) is 0 Å². The van der Waals surface area contributed by atoms with Crippen LogP contribution in [-0.2, 0) is 4.79 Å². The first-order valence-corrected chi connectivity index (χ1v) is 5.16. The Balaban J connectivity index is 2.38. The van der Waals surface area contributed by atoms with Crippen molar-refractivity contribution in [2.75, 3.05) is 5.32 Å². The molecule has 2 rings (SSSR count). The molecule has 1 aromatic carbocycles. The van der Waals surface area contributed by atoms with Crippen molar-refractivity contribution in [3.8, 4) is 0 Å². The van der Waals surface area contributed by atoms with Gasteiger partial charge in [-0.1, -0.05) is 25.1 Å². The molecule has 0 aromatic heterocycles. The fraction of sp³-hybridized carbons (Fsp3) is 0.364. The molecule has 0 saturated carbocycles. The number of benzene rings is 1. The fourth-order valence-electron chi connectivity index (χ4n) is 2.07. The van der Waals surface area contributed by atoms with E-state index < -0.39 is 0 Å². The van der Waals surface area contributed by atoms with E-state index in [1.807, 2.05) is 18.2 Å². The minimum absolute atomic E-state index is 0.219. The van der Waals surface area contributed by atoms with Crippen molar-refractivity contribution in [3.63, 3.8) is 0 Å². The van der Waals surface area contributed by atoms with Crippen molar-refractivity contribution < 1.29 is 4.79 Å². The zero-order valence-corrected chi connectivity index (χ0v) is 8.71. The molecule has 2 unspecified atom stereocenters. The topological polar surface area (TPSA) is 29.1 Å². The van der Waals surface area contributed by atoms with Gasteiger partial charge in [-0.15, -0.1) is 0 Å². The standard InChI is InChI=1S/C11H12ClNO/c1-2-7-8-5-3-4-6-9(8)13-10(7)11(12)14/h3-7,10,13H,2H2,1H3. The van der Waals surface area contributed by atoms with E-state index in [9.17, 15) is 4.79 Å². The lowest BCUT2D eigenvalue weighted by atomic mass is 9.93. The Labute approximate surface area is 88.3 Å². The number of para-hydroxylation sites is 1. The number of anilines is 1. The largest absolute Gasteiger partial charge is 0.373 e. The van der Waals surface area contributed by atoms with Gasteiger partial charge in [0.05, 0.1) is 0 Å². The highest BCUT2D eigenvalue weighted by Gasteiger charge is 2.34. The number of carbonyl (C=O) groups is 1. The van der Waals surface area contributed by atoms with Crippen LogP contribution in [0.2, 0.25) is 0 Å². The van der Waals surface area contributed by atoms with Gasteiger partial charge in [-0.2, -0.15) is 0 Å². The van der Waals surface area contributed by atoms with Gasteiger partial charge in [0, 0.05) is 11.6 Å². The van der Waals surface area contributed by atoms with Crippen LogP contribution >= 0.6 is 11.6 Å². The molecule has 0 radical (unpaired) electrons. The molecule has 0 spiro atoms. The molecular formula is C11H12ClNO. The summed E-state index contributed by atoms with van der Waals surface area (Å²) < 4.78 is 0. The van der Waals surface area contributed by atoms with E-state index in [1.165, 1.54) is 5.56 Å². The minimum atomic E-state index is -0.298. The molecule has 0 aliphatic carbocycles. The summed E-state index contributed by atoms with van der Waals surface area (Å²) in [5, 5.41) is 2.86. The molecule has 0 amide bonds. The van der Waals surface area contributed by atoms with Crippen LogP contribution in [0.25, 0.3) is 0 Å². The van der Waals surface area contributed by atoms with E-state index in [-0.39, 0.29) is 17.2 Å². The van der Waals surface area contributed by atoms with Crippen molar-refractivity contribution in [3.05, 3.63) is 29.8 Å². The molecular weight excluding hydrogens is 198 g/mol. The molecule has 1 aliphatic heterocycles. The lowest BCUT2D eigenvalue weighted by molar-refractivity contribution is -0.112. The number of hydrogen-bond donors (Lipinski definition) is 1. The third-order valence-corrected chi connectivity index (χ3v) is 2.99. The van der Waals surface area contributed by atoms with Crippen molar-refractivity contribution in [2.24, 2.45) is 0 Å². The second kappa shape index (κ2) is 3.62. The second-order valence-corrected chi connectivity index (χ2v) is 3.90. The first-order chi connectivity index (χ1) is 6.74. The zero-order chi connectivity index (χ0) is 10.1. The molecule has 1 N–H and O–H groups in total. The number of fused-ring (bicyclic) bond motifs is 1. The first kappa shape index (κ1) is 9.53. The maximum absolute atomic E-state index is 11.2. The van der Waals surface area contributed by atoms with Gasteiger partial charge >= 0.3 is 0 Å². The highest BCUT2D eigenvalue weighted by Crippen LogP contribution is 2.38. The summed E-state index contributed by atoms with van der Waals surface area (Å²) in [7, 11) is 0. The van der Waals surface area contributed by atoms with Crippen LogP contribution in [0, 0.1) is 0 Å². The summed E-state index contributed by atoms with van der Waals surface area (Å²) >= 11 is 5.55. The van der Waals surface area contributed by atoms with Gasteiger partial charge in [-0.25, -0.2) is 0 Å². The number of carbonyl (C=O) groups excluding carboxylic acids is 1. The average molecular weight is 210 g/mol. The average Bonchev–Trinajstić information content (AvgIpc) is 2.56. The predicted octanol–water partition coefficient (Wildman–Crippen LogP) is 2.74. The molecule has 1 heterocycles. The van der Waals surface area contributed by atoms with Crippen molar-refractivity contribution in [1.82, 2.24) is 0 Å². The second-order valence-electron chi connectivity index (χ2n) is 3.53. The van der Waals surface area contributed by atoms with Crippen molar-refractivity contribution >= 4 is 22.5 Å². The molecule has 14 heavy (non-hydrogen) atoms. The third-order valence-electron chi connectivity index (χ3n) is 2.76. The lowest BCUT2D eigenvalue weighted by Gasteiger charge is -2.13. The molecule has 0 fully saturated rings. The van der Waals surface area contributed by atoms with E-state index in [4.69, 9.17) is 11.6 Å². The van der Waals surface area contributed by atoms with Gasteiger partial charge < -0.3 is 5.32 Å². The van der Waals surface area contributed by atoms with Gasteiger partial charge in [0.15, 0.2) is 0 Å². The Hall–Kier alpha value is -1.02. The third kappa shape index (κ3) is 1.40. The molecule has 1 aliphatic rings. The van der Waals surface area contributed by atoms with E-state index in [1.54, 1.807) is 0 Å². The van der Waals surface area contributed by atoms with Gasteiger partial charge in [-0.3, -0.25) is 4.79 Å². The summed E-state index contributed by atoms with van der Waals surface area (Å²) in [4.78, 5) is 11.2. The fourth-order valence-corrected chi connectivity index (χ4v) is 2.28. The van der Waals surface area contributed by atoms with Gasteiger partial charge in [0.2, 0.25) is 5.24 Å². The summed E-state index contributed by atoms with van der Waals surface area (Å²) in [5.41, 5.74) is 2.24. The van der Waals surface area contributed by atoms with E-state index >= 15 is 0 Å². The molecule has 2 atom stereocenters. The first-order valence-electron chi connectivity index (χ1n) is 4.79. The molecule has 3 heteroatoms. The highest BCUT2D eigenvalue weighted by molar-refractivity contribution is 6.65. The zero-order valence-electron chi connectivity index (χ0n) is 7.96. The van der Waals surface area contributed by atoms with Crippen LogP contribution in [0.1, 0.15) is 24.8 Å². The Kier molecular flexibility index (Phi) is 2.46. The van der Waals surface area contributed by atoms with Crippen LogP contribution in [0.4, 0.5) is 5.69 Å². The lowest BCUT2D eigenvalue weighted by Crippen LogP contribution is -2.26. The normalized spacial score (nSPS) is 24.1. The van der Waals surface area contributed by atoms with Crippen LogP contribution in [-0.4, -0.2) is 11.3 Å². The van der Waals surface area contributed by atoms with Gasteiger partial charge in [-0.05, 0) is 29.7 Å². The smallest absolute Gasteiger partial charge is 0.244 e. The van der Waals surface area contributed by atoms with Gasteiger partial charge in [0.25, 0.3) is 0 Å².